The molecule has 0 saturated heterocycles. The van der Waals surface area contributed by atoms with Crippen LogP contribution in [0.3, 0.4) is 0 Å². The second-order valence-electron chi connectivity index (χ2n) is 6.03. The lowest BCUT2D eigenvalue weighted by molar-refractivity contribution is -0.000525. The SMILES string of the molecule is COc1cc([C@H](O)[C@@H](CO)Oc2ccc(CCCO)cc2OC)ccc1O. The van der Waals surface area contributed by atoms with E-state index in [0.717, 1.165) is 5.56 Å². The van der Waals surface area contributed by atoms with E-state index in [2.05, 4.69) is 0 Å². The fraction of sp³-hybridized carbons (Fsp3) is 0.400. The molecule has 7 nitrogen and oxygen atoms in total. The van der Waals surface area contributed by atoms with Crippen molar-refractivity contribution in [1.82, 2.24) is 0 Å². The molecule has 0 aliphatic rings. The number of hydrogen-bond donors (Lipinski definition) is 4. The van der Waals surface area contributed by atoms with Crippen molar-refractivity contribution in [3.63, 3.8) is 0 Å². The third-order valence-corrected chi connectivity index (χ3v) is 4.21. The number of ether oxygens (including phenoxy) is 3. The number of phenolic OH excluding ortho intramolecular Hbond substituents is 1. The lowest BCUT2D eigenvalue weighted by Gasteiger charge is -2.24. The van der Waals surface area contributed by atoms with Crippen LogP contribution in [0.25, 0.3) is 0 Å². The molecule has 0 saturated carbocycles. The summed E-state index contributed by atoms with van der Waals surface area (Å²) < 4.78 is 16.2. The van der Waals surface area contributed by atoms with Gasteiger partial charge in [0.15, 0.2) is 29.1 Å². The Kier molecular flexibility index (Phi) is 7.72. The molecule has 7 heteroatoms. The van der Waals surface area contributed by atoms with Gasteiger partial charge in [-0.2, -0.15) is 0 Å². The van der Waals surface area contributed by atoms with Gasteiger partial charge >= 0.3 is 0 Å². The van der Waals surface area contributed by atoms with E-state index < -0.39 is 18.8 Å². The van der Waals surface area contributed by atoms with Gasteiger partial charge in [0.2, 0.25) is 0 Å². The van der Waals surface area contributed by atoms with Crippen LogP contribution >= 0.6 is 0 Å². The molecule has 0 amide bonds. The molecule has 0 spiro atoms. The van der Waals surface area contributed by atoms with E-state index in [1.165, 1.54) is 32.4 Å². The van der Waals surface area contributed by atoms with Crippen molar-refractivity contribution in [1.29, 1.82) is 0 Å². The van der Waals surface area contributed by atoms with Crippen LogP contribution in [0, 0.1) is 0 Å². The second-order valence-corrected chi connectivity index (χ2v) is 6.03. The Balaban J connectivity index is 2.20. The number of benzene rings is 2. The molecule has 2 aromatic carbocycles. The smallest absolute Gasteiger partial charge is 0.161 e. The third kappa shape index (κ3) is 5.26. The minimum atomic E-state index is -1.15. The fourth-order valence-electron chi connectivity index (χ4n) is 2.71. The standard InChI is InChI=1S/C20H26O7/c1-25-17-11-14(6-7-15(17)23)20(24)19(12-22)27-16-8-5-13(4-3-9-21)10-18(16)26-2/h5-8,10-11,19-24H,3-4,9,12H2,1-2H3/t19-,20+/m1/s1. The zero-order valence-corrected chi connectivity index (χ0v) is 15.5. The molecule has 0 heterocycles. The highest BCUT2D eigenvalue weighted by atomic mass is 16.5. The average Bonchev–Trinajstić information content (AvgIpc) is 2.70. The number of phenols is 1. The summed E-state index contributed by atoms with van der Waals surface area (Å²) >= 11 is 0. The maximum absolute atomic E-state index is 10.6. The van der Waals surface area contributed by atoms with E-state index in [9.17, 15) is 15.3 Å². The topological polar surface area (TPSA) is 109 Å². The van der Waals surface area contributed by atoms with Gasteiger partial charge in [-0.3, -0.25) is 0 Å². The zero-order valence-electron chi connectivity index (χ0n) is 15.5. The minimum absolute atomic E-state index is 0.0462. The molecular weight excluding hydrogens is 352 g/mol. The van der Waals surface area contributed by atoms with Crippen LogP contribution in [-0.2, 0) is 6.42 Å². The number of methoxy groups -OCH3 is 2. The molecular formula is C20H26O7. The van der Waals surface area contributed by atoms with Crippen molar-refractivity contribution in [3.05, 3.63) is 47.5 Å². The number of aromatic hydroxyl groups is 1. The van der Waals surface area contributed by atoms with Crippen molar-refractivity contribution >= 4 is 0 Å². The molecule has 0 bridgehead atoms. The van der Waals surface area contributed by atoms with Crippen molar-refractivity contribution in [3.8, 4) is 23.0 Å². The Morgan fingerprint density at radius 2 is 1.67 bits per heavy atom. The summed E-state index contributed by atoms with van der Waals surface area (Å²) in [5.41, 5.74) is 1.42. The number of aryl methyl sites for hydroxylation is 1. The molecule has 0 fully saturated rings. The van der Waals surface area contributed by atoms with Gasteiger partial charge in [0.1, 0.15) is 6.10 Å². The van der Waals surface area contributed by atoms with Crippen LogP contribution in [0.4, 0.5) is 0 Å². The lowest BCUT2D eigenvalue weighted by Crippen LogP contribution is -2.29. The predicted octanol–water partition coefficient (Wildman–Crippen LogP) is 1.81. The Bertz CT molecular complexity index is 732. The Hall–Kier alpha value is -2.48. The van der Waals surface area contributed by atoms with Crippen molar-refractivity contribution < 1.29 is 34.6 Å². The maximum atomic E-state index is 10.6. The highest BCUT2D eigenvalue weighted by Crippen LogP contribution is 2.34. The van der Waals surface area contributed by atoms with Gasteiger partial charge in [0.05, 0.1) is 20.8 Å². The molecule has 2 rings (SSSR count). The highest BCUT2D eigenvalue weighted by Gasteiger charge is 2.24. The van der Waals surface area contributed by atoms with Crippen LogP contribution in [0.5, 0.6) is 23.0 Å². The first kappa shape index (κ1) is 20.8. The van der Waals surface area contributed by atoms with Gasteiger partial charge in [0.25, 0.3) is 0 Å². The van der Waals surface area contributed by atoms with Crippen LogP contribution < -0.4 is 14.2 Å². The highest BCUT2D eigenvalue weighted by molar-refractivity contribution is 5.44. The van der Waals surface area contributed by atoms with Crippen molar-refractivity contribution in [2.75, 3.05) is 27.4 Å². The molecule has 2 aromatic rings. The van der Waals surface area contributed by atoms with E-state index in [4.69, 9.17) is 19.3 Å². The minimum Gasteiger partial charge on any atom is -0.504 e. The summed E-state index contributed by atoms with van der Waals surface area (Å²) in [7, 11) is 2.92. The summed E-state index contributed by atoms with van der Waals surface area (Å²) in [5, 5.41) is 38.9. The van der Waals surface area contributed by atoms with Gasteiger partial charge in [-0.25, -0.2) is 0 Å². The largest absolute Gasteiger partial charge is 0.504 e. The summed E-state index contributed by atoms with van der Waals surface area (Å²) in [4.78, 5) is 0. The van der Waals surface area contributed by atoms with Crippen LogP contribution in [0.1, 0.15) is 23.7 Å². The van der Waals surface area contributed by atoms with Gasteiger partial charge in [-0.15, -0.1) is 0 Å². The van der Waals surface area contributed by atoms with E-state index in [-0.39, 0.29) is 18.1 Å². The zero-order chi connectivity index (χ0) is 19.8. The molecule has 0 unspecified atom stereocenters. The molecule has 4 N–H and O–H groups in total. The van der Waals surface area contributed by atoms with Crippen LogP contribution in [-0.4, -0.2) is 54.0 Å². The first-order valence-electron chi connectivity index (χ1n) is 8.64. The average molecular weight is 378 g/mol. The Morgan fingerprint density at radius 3 is 2.30 bits per heavy atom. The monoisotopic (exact) mass is 378 g/mol. The van der Waals surface area contributed by atoms with Gasteiger partial charge in [0, 0.05) is 6.61 Å². The molecule has 0 aliphatic heterocycles. The molecule has 148 valence electrons. The Labute approximate surface area is 158 Å². The maximum Gasteiger partial charge on any atom is 0.161 e. The summed E-state index contributed by atoms with van der Waals surface area (Å²) in [6, 6.07) is 9.78. The van der Waals surface area contributed by atoms with Crippen LogP contribution in [0.15, 0.2) is 36.4 Å². The van der Waals surface area contributed by atoms with Crippen molar-refractivity contribution in [2.45, 2.75) is 25.0 Å². The number of rotatable bonds is 10. The van der Waals surface area contributed by atoms with E-state index in [1.807, 2.05) is 6.07 Å². The number of aliphatic hydroxyl groups is 3. The molecule has 27 heavy (non-hydrogen) atoms. The first-order chi connectivity index (χ1) is 13.0. The first-order valence-corrected chi connectivity index (χ1v) is 8.64. The van der Waals surface area contributed by atoms with E-state index >= 15 is 0 Å². The predicted molar refractivity (Wildman–Crippen MR) is 99.5 cm³/mol. The second kappa shape index (κ2) is 10.0. The quantitative estimate of drug-likeness (QED) is 0.499. The van der Waals surface area contributed by atoms with E-state index in [0.29, 0.717) is 29.9 Å². The normalized spacial score (nSPS) is 13.1. The molecule has 0 radical (unpaired) electrons. The van der Waals surface area contributed by atoms with Gasteiger partial charge < -0.3 is 34.6 Å². The van der Waals surface area contributed by atoms with Gasteiger partial charge in [-0.1, -0.05) is 12.1 Å². The number of hydrogen-bond acceptors (Lipinski definition) is 7. The molecule has 2 atom stereocenters. The molecule has 0 aromatic heterocycles. The van der Waals surface area contributed by atoms with Crippen molar-refractivity contribution in [2.24, 2.45) is 0 Å². The lowest BCUT2D eigenvalue weighted by atomic mass is 10.0. The summed E-state index contributed by atoms with van der Waals surface area (Å²) in [6.45, 7) is -0.324. The van der Waals surface area contributed by atoms with Gasteiger partial charge in [-0.05, 0) is 48.2 Å². The summed E-state index contributed by atoms with van der Waals surface area (Å²) in [5.74, 6) is 1.03. The number of aliphatic hydroxyl groups excluding tert-OH is 3. The van der Waals surface area contributed by atoms with Crippen LogP contribution in [0.2, 0.25) is 0 Å². The Morgan fingerprint density at radius 1 is 0.926 bits per heavy atom. The third-order valence-electron chi connectivity index (χ3n) is 4.21. The fourth-order valence-corrected chi connectivity index (χ4v) is 2.71. The summed E-state index contributed by atoms with van der Waals surface area (Å²) in [6.07, 6.45) is -0.754. The van der Waals surface area contributed by atoms with E-state index in [1.54, 1.807) is 12.1 Å². The molecule has 0 aliphatic carbocycles.